The fourth-order valence-corrected chi connectivity index (χ4v) is 7.04. The first-order chi connectivity index (χ1) is 22.8. The van der Waals surface area contributed by atoms with Crippen molar-refractivity contribution in [1.82, 2.24) is 0 Å². The molecule has 0 fully saturated rings. The fraction of sp³-hybridized carbons (Fsp3) is 0. The summed E-state index contributed by atoms with van der Waals surface area (Å²) in [5, 5.41) is 0. The second-order valence-corrected chi connectivity index (χ2v) is 12.2. The van der Waals surface area contributed by atoms with Gasteiger partial charge in [0.1, 0.15) is 0 Å². The summed E-state index contributed by atoms with van der Waals surface area (Å²) in [7, 11) is 0. The number of hydrogen-bond donors (Lipinski definition) is 0. The van der Waals surface area contributed by atoms with Crippen LogP contribution in [0.2, 0.25) is 0 Å². The molecule has 0 nitrogen and oxygen atoms in total. The van der Waals surface area contributed by atoms with Crippen LogP contribution in [-0.4, -0.2) is 0 Å². The van der Waals surface area contributed by atoms with Gasteiger partial charge < -0.3 is 0 Å². The second kappa shape index (κ2) is 10.9. The second-order valence-electron chi connectivity index (χ2n) is 12.2. The van der Waals surface area contributed by atoms with E-state index in [4.69, 9.17) is 0 Å². The van der Waals surface area contributed by atoms with E-state index in [1.165, 1.54) is 89.0 Å². The standard InChI is InChI=1S/C46H30/c1-5-13-31-21-39(22-32(31)14-6-1)43-29-45(41-25-35-17-9-3-10-18-36(35)26-41)46(42-27-37-19-11-4-12-20-38(37)28-42)30-44(43)40-23-33-15-7-2-8-16-34(33)24-40/h1-30H. The van der Waals surface area contributed by atoms with Crippen LogP contribution in [-0.2, 0) is 0 Å². The summed E-state index contributed by atoms with van der Waals surface area (Å²) in [6, 6.07) is 66.7. The highest BCUT2D eigenvalue weighted by Gasteiger charge is 2.21. The maximum absolute atomic E-state index is 2.45. The predicted molar refractivity (Wildman–Crippen MR) is 195 cm³/mol. The van der Waals surface area contributed by atoms with Gasteiger partial charge in [-0.05, 0) is 150 Å². The van der Waals surface area contributed by atoms with Crippen LogP contribution < -0.4 is 0 Å². The minimum absolute atomic E-state index is 1.24. The predicted octanol–water partition coefficient (Wildman–Crippen LogP) is 12.8. The lowest BCUT2D eigenvalue weighted by atomic mass is 9.87. The summed E-state index contributed by atoms with van der Waals surface area (Å²) in [6.07, 6.45) is 0. The van der Waals surface area contributed by atoms with Crippen molar-refractivity contribution >= 4 is 0 Å². The third kappa shape index (κ3) is 4.64. The number of benzene rings is 1. The Balaban J connectivity index is 1.37. The van der Waals surface area contributed by atoms with Crippen LogP contribution in [0.4, 0.5) is 0 Å². The third-order valence-corrected chi connectivity index (χ3v) is 9.32. The molecule has 0 amide bonds. The molecule has 0 N–H and O–H groups in total. The largest absolute Gasteiger partial charge is 0.0622 e. The molecule has 0 spiro atoms. The Morgan fingerprint density at radius 1 is 0.152 bits per heavy atom. The molecule has 9 rings (SSSR count). The summed E-state index contributed by atoms with van der Waals surface area (Å²) in [5.41, 5.74) is 19.9. The SMILES string of the molecule is c1ccc2cc(-c3cc(-c4cc5cccccc-5c4)c(-c4cc5cccccc-5c4)cc3-c3cc4cccccc-4c3)cc-2cc1. The molecule has 1 aromatic rings. The molecule has 0 atom stereocenters. The molecule has 8 aliphatic rings. The van der Waals surface area contributed by atoms with E-state index in [1.54, 1.807) is 0 Å². The minimum Gasteiger partial charge on any atom is -0.0622 e. The molecule has 0 bridgehead atoms. The van der Waals surface area contributed by atoms with Crippen LogP contribution in [0.5, 0.6) is 0 Å². The first-order valence-corrected chi connectivity index (χ1v) is 15.9. The highest BCUT2D eigenvalue weighted by Crippen LogP contribution is 2.48. The lowest BCUT2D eigenvalue weighted by Gasteiger charge is -2.16. The van der Waals surface area contributed by atoms with Crippen molar-refractivity contribution < 1.29 is 0 Å². The van der Waals surface area contributed by atoms with Crippen molar-refractivity contribution in [3.8, 4) is 89.0 Å². The van der Waals surface area contributed by atoms with E-state index in [0.717, 1.165) is 0 Å². The number of rotatable bonds is 4. The Bertz CT molecular complexity index is 1920. The zero-order valence-electron chi connectivity index (χ0n) is 25.3. The topological polar surface area (TPSA) is 0 Å². The Morgan fingerprint density at radius 3 is 0.500 bits per heavy atom. The van der Waals surface area contributed by atoms with E-state index in [0.29, 0.717) is 0 Å². The summed E-state index contributed by atoms with van der Waals surface area (Å²) in [5.74, 6) is 0. The Kier molecular flexibility index (Phi) is 6.25. The maximum Gasteiger partial charge on any atom is -0.00984 e. The van der Waals surface area contributed by atoms with Crippen molar-refractivity contribution in [2.24, 2.45) is 0 Å². The van der Waals surface area contributed by atoms with Crippen molar-refractivity contribution in [2.75, 3.05) is 0 Å². The van der Waals surface area contributed by atoms with Crippen molar-refractivity contribution in [3.05, 3.63) is 182 Å². The van der Waals surface area contributed by atoms with E-state index >= 15 is 0 Å². The molecule has 46 heavy (non-hydrogen) atoms. The van der Waals surface area contributed by atoms with Crippen LogP contribution in [0.3, 0.4) is 0 Å². The molecule has 0 saturated carbocycles. The molecule has 0 unspecified atom stereocenters. The maximum atomic E-state index is 2.45. The number of hydrogen-bond acceptors (Lipinski definition) is 0. The van der Waals surface area contributed by atoms with E-state index in [9.17, 15) is 0 Å². The summed E-state index contributed by atoms with van der Waals surface area (Å²) in [6.45, 7) is 0. The normalized spacial score (nSPS) is 11.5. The van der Waals surface area contributed by atoms with Gasteiger partial charge in [-0.2, -0.15) is 0 Å². The van der Waals surface area contributed by atoms with Gasteiger partial charge in [0, 0.05) is 0 Å². The molecule has 214 valence electrons. The molecule has 0 heteroatoms. The molecule has 0 radical (unpaired) electrons. The molecule has 0 saturated heterocycles. The van der Waals surface area contributed by atoms with Gasteiger partial charge in [0.25, 0.3) is 0 Å². The quantitative estimate of drug-likeness (QED) is 0.194. The summed E-state index contributed by atoms with van der Waals surface area (Å²) < 4.78 is 0. The third-order valence-electron chi connectivity index (χ3n) is 9.32. The lowest BCUT2D eigenvalue weighted by molar-refractivity contribution is 1.61. The highest BCUT2D eigenvalue weighted by atomic mass is 14.2. The molecule has 0 aliphatic heterocycles. The molecule has 1 aromatic carbocycles. The van der Waals surface area contributed by atoms with Crippen LogP contribution in [0, 0.1) is 0 Å². The van der Waals surface area contributed by atoms with Gasteiger partial charge in [0.15, 0.2) is 0 Å². The van der Waals surface area contributed by atoms with E-state index in [2.05, 4.69) is 182 Å². The smallest absolute Gasteiger partial charge is 0.00984 e. The monoisotopic (exact) mass is 582 g/mol. The molecular formula is C46H30. The van der Waals surface area contributed by atoms with Crippen molar-refractivity contribution in [2.45, 2.75) is 0 Å². The Morgan fingerprint density at radius 2 is 0.326 bits per heavy atom. The average Bonchev–Trinajstić information content (AvgIpc) is 3.72. The van der Waals surface area contributed by atoms with Gasteiger partial charge >= 0.3 is 0 Å². The summed E-state index contributed by atoms with van der Waals surface area (Å²) in [4.78, 5) is 0. The van der Waals surface area contributed by atoms with Gasteiger partial charge in [-0.25, -0.2) is 0 Å². The molecule has 0 aromatic heterocycles. The highest BCUT2D eigenvalue weighted by molar-refractivity contribution is 6.00. The van der Waals surface area contributed by atoms with Gasteiger partial charge in [0.05, 0.1) is 0 Å². The zero-order valence-corrected chi connectivity index (χ0v) is 25.3. The summed E-state index contributed by atoms with van der Waals surface area (Å²) >= 11 is 0. The van der Waals surface area contributed by atoms with E-state index in [1.807, 2.05) is 0 Å². The van der Waals surface area contributed by atoms with Gasteiger partial charge in [0.2, 0.25) is 0 Å². The van der Waals surface area contributed by atoms with E-state index < -0.39 is 0 Å². The van der Waals surface area contributed by atoms with Gasteiger partial charge in [-0.15, -0.1) is 0 Å². The van der Waals surface area contributed by atoms with Gasteiger partial charge in [-0.1, -0.05) is 121 Å². The first-order valence-electron chi connectivity index (χ1n) is 15.9. The zero-order chi connectivity index (χ0) is 30.5. The fourth-order valence-electron chi connectivity index (χ4n) is 7.04. The Labute approximate surface area is 270 Å². The van der Waals surface area contributed by atoms with Crippen LogP contribution in [0.15, 0.2) is 182 Å². The molecular weight excluding hydrogens is 553 g/mol. The van der Waals surface area contributed by atoms with Crippen LogP contribution in [0.1, 0.15) is 0 Å². The van der Waals surface area contributed by atoms with Crippen LogP contribution >= 0.6 is 0 Å². The average molecular weight is 583 g/mol. The molecule has 0 heterocycles. The van der Waals surface area contributed by atoms with Crippen molar-refractivity contribution in [3.63, 3.8) is 0 Å². The number of fused-ring (bicyclic) bond motifs is 4. The van der Waals surface area contributed by atoms with Gasteiger partial charge in [-0.3, -0.25) is 0 Å². The first kappa shape index (κ1) is 26.4. The molecule has 8 aliphatic carbocycles. The lowest BCUT2D eigenvalue weighted by Crippen LogP contribution is -1.89. The van der Waals surface area contributed by atoms with Crippen molar-refractivity contribution in [1.29, 1.82) is 0 Å². The van der Waals surface area contributed by atoms with Crippen LogP contribution in [0.25, 0.3) is 89.0 Å². The Hall–Kier alpha value is -5.98. The minimum atomic E-state index is 1.24. The van der Waals surface area contributed by atoms with E-state index in [-0.39, 0.29) is 0 Å².